The molecule has 1 aliphatic carbocycles. The normalized spacial score (nSPS) is 18.4. The van der Waals surface area contributed by atoms with E-state index >= 15 is 0 Å². The van der Waals surface area contributed by atoms with Gasteiger partial charge in [0.1, 0.15) is 0 Å². The van der Waals surface area contributed by atoms with Crippen LogP contribution in [0.25, 0.3) is 0 Å². The fourth-order valence-corrected chi connectivity index (χ4v) is 1.65. The number of H-pyrrole nitrogens is 1. The molecule has 0 aromatic carbocycles. The van der Waals surface area contributed by atoms with Crippen LogP contribution < -0.4 is 10.2 Å². The molecular formula is C9H9NO2. The molecule has 1 aromatic rings. The average Bonchev–Trinajstić information content (AvgIpc) is 2.83. The van der Waals surface area contributed by atoms with Crippen LogP contribution in [0.5, 0.6) is 11.5 Å². The lowest BCUT2D eigenvalue weighted by molar-refractivity contribution is 0.401. The molecule has 12 heavy (non-hydrogen) atoms. The van der Waals surface area contributed by atoms with E-state index in [9.17, 15) is 4.79 Å². The Bertz CT molecular complexity index is 415. The zero-order chi connectivity index (χ0) is 8.29. The molecule has 0 atom stereocenters. The number of rotatable bonds is 1. The summed E-state index contributed by atoms with van der Waals surface area (Å²) in [4.78, 5) is 14.5. The van der Waals surface area contributed by atoms with Gasteiger partial charge in [0.15, 0.2) is 11.5 Å². The molecule has 2 bridgehead atoms. The second-order valence-electron chi connectivity index (χ2n) is 3.53. The van der Waals surface area contributed by atoms with Crippen LogP contribution in [0.2, 0.25) is 0 Å². The van der Waals surface area contributed by atoms with Crippen LogP contribution in [0.1, 0.15) is 30.1 Å². The number of ether oxygens (including phenoxy) is 1. The van der Waals surface area contributed by atoms with Crippen LogP contribution in [0.15, 0.2) is 4.79 Å². The van der Waals surface area contributed by atoms with Crippen LogP contribution in [-0.4, -0.2) is 4.98 Å². The van der Waals surface area contributed by atoms with E-state index in [0.29, 0.717) is 17.4 Å². The van der Waals surface area contributed by atoms with Gasteiger partial charge in [-0.25, -0.2) is 0 Å². The van der Waals surface area contributed by atoms with Gasteiger partial charge < -0.3 is 9.72 Å². The van der Waals surface area contributed by atoms with Gasteiger partial charge in [-0.05, 0) is 19.8 Å². The summed E-state index contributed by atoms with van der Waals surface area (Å²) in [5.74, 6) is 1.63. The first kappa shape index (κ1) is 6.29. The lowest BCUT2D eigenvalue weighted by Crippen LogP contribution is -2.23. The van der Waals surface area contributed by atoms with Crippen molar-refractivity contribution in [3.05, 3.63) is 21.6 Å². The minimum atomic E-state index is 0.0909. The van der Waals surface area contributed by atoms with Crippen molar-refractivity contribution in [3.63, 3.8) is 0 Å². The molecule has 1 aromatic heterocycles. The molecule has 62 valence electrons. The molecule has 0 spiro atoms. The predicted octanol–water partition coefficient (Wildman–Crippen LogP) is 1.67. The average molecular weight is 163 g/mol. The van der Waals surface area contributed by atoms with Crippen LogP contribution >= 0.6 is 0 Å². The first-order valence-electron chi connectivity index (χ1n) is 4.22. The van der Waals surface area contributed by atoms with E-state index in [0.717, 1.165) is 11.4 Å². The summed E-state index contributed by atoms with van der Waals surface area (Å²) in [7, 11) is 0. The zero-order valence-electron chi connectivity index (χ0n) is 6.81. The van der Waals surface area contributed by atoms with Crippen molar-refractivity contribution < 1.29 is 4.74 Å². The lowest BCUT2D eigenvalue weighted by atomic mass is 10.1. The molecule has 3 nitrogen and oxygen atoms in total. The van der Waals surface area contributed by atoms with E-state index < -0.39 is 0 Å². The standard InChI is InChI=1S/C9H9NO2/c1-4-8-7(11)9(12-8)6(10-4)5-2-3-5/h5H,2-3H2,1H3,(H,10,11). The van der Waals surface area contributed by atoms with Gasteiger partial charge in [-0.3, -0.25) is 4.79 Å². The van der Waals surface area contributed by atoms with E-state index in [-0.39, 0.29) is 5.43 Å². The molecule has 4 rings (SSSR count). The molecule has 3 heterocycles. The summed E-state index contributed by atoms with van der Waals surface area (Å²) in [5.41, 5.74) is 1.98. The van der Waals surface area contributed by atoms with E-state index in [1.54, 1.807) is 0 Å². The Morgan fingerprint density at radius 3 is 2.67 bits per heavy atom. The maximum atomic E-state index is 11.3. The Morgan fingerprint density at radius 2 is 2.17 bits per heavy atom. The Kier molecular flexibility index (Phi) is 0.908. The Labute approximate surface area is 69.4 Å². The molecule has 3 heteroatoms. The number of pyridine rings is 1. The Hall–Kier alpha value is -1.25. The molecule has 1 fully saturated rings. The van der Waals surface area contributed by atoms with Gasteiger partial charge in [-0.1, -0.05) is 0 Å². The van der Waals surface area contributed by atoms with E-state index in [1.165, 1.54) is 12.8 Å². The monoisotopic (exact) mass is 163 g/mol. The van der Waals surface area contributed by atoms with Gasteiger partial charge in [0.2, 0.25) is 0 Å². The van der Waals surface area contributed by atoms with E-state index in [4.69, 9.17) is 4.74 Å². The second kappa shape index (κ2) is 1.73. The topological polar surface area (TPSA) is 42.1 Å². The number of aromatic amines is 1. The van der Waals surface area contributed by atoms with Crippen molar-refractivity contribution in [2.45, 2.75) is 25.7 Å². The minimum absolute atomic E-state index is 0.0909. The first-order chi connectivity index (χ1) is 5.77. The predicted molar refractivity (Wildman–Crippen MR) is 43.8 cm³/mol. The quantitative estimate of drug-likeness (QED) is 0.694. The molecule has 0 saturated heterocycles. The maximum absolute atomic E-state index is 11.3. The van der Waals surface area contributed by atoms with Crippen LogP contribution in [0.4, 0.5) is 0 Å². The Morgan fingerprint density at radius 1 is 1.42 bits per heavy atom. The lowest BCUT2D eigenvalue weighted by Gasteiger charge is -2.21. The van der Waals surface area contributed by atoms with Gasteiger partial charge in [-0.15, -0.1) is 0 Å². The van der Waals surface area contributed by atoms with Crippen molar-refractivity contribution in [3.8, 4) is 11.5 Å². The molecule has 0 amide bonds. The molecule has 1 N–H and O–H groups in total. The largest absolute Gasteiger partial charge is 0.445 e. The molecular weight excluding hydrogens is 154 g/mol. The summed E-state index contributed by atoms with van der Waals surface area (Å²) in [6.07, 6.45) is 2.37. The van der Waals surface area contributed by atoms with Gasteiger partial charge in [-0.2, -0.15) is 0 Å². The smallest absolute Gasteiger partial charge is 0.266 e. The summed E-state index contributed by atoms with van der Waals surface area (Å²) in [5, 5.41) is 0. The van der Waals surface area contributed by atoms with Crippen molar-refractivity contribution in [2.75, 3.05) is 0 Å². The fourth-order valence-electron chi connectivity index (χ4n) is 1.65. The molecule has 0 unspecified atom stereocenters. The third-order valence-electron chi connectivity index (χ3n) is 2.51. The van der Waals surface area contributed by atoms with E-state index in [1.807, 2.05) is 6.92 Å². The number of hydrogen-bond acceptors (Lipinski definition) is 2. The number of hydrogen-bond donors (Lipinski definition) is 1. The fraction of sp³-hybridized carbons (Fsp3) is 0.444. The van der Waals surface area contributed by atoms with Crippen molar-refractivity contribution in [1.29, 1.82) is 0 Å². The SMILES string of the molecule is Cc1[nH]c(C2CC2)c2c(=O)c1O2. The molecule has 1 saturated carbocycles. The maximum Gasteiger partial charge on any atom is 0.266 e. The third-order valence-corrected chi connectivity index (χ3v) is 2.51. The zero-order valence-corrected chi connectivity index (χ0v) is 6.81. The van der Waals surface area contributed by atoms with Crippen LogP contribution in [0, 0.1) is 6.92 Å². The van der Waals surface area contributed by atoms with Gasteiger partial charge in [0.25, 0.3) is 5.43 Å². The highest BCUT2D eigenvalue weighted by Crippen LogP contribution is 2.46. The van der Waals surface area contributed by atoms with Crippen LogP contribution in [0.3, 0.4) is 0 Å². The summed E-state index contributed by atoms with van der Waals surface area (Å²) < 4.78 is 5.26. The highest BCUT2D eigenvalue weighted by atomic mass is 16.5. The third kappa shape index (κ3) is 0.594. The number of aryl methyl sites for hydroxylation is 1. The molecule has 3 aliphatic rings. The van der Waals surface area contributed by atoms with Gasteiger partial charge >= 0.3 is 0 Å². The van der Waals surface area contributed by atoms with Crippen molar-refractivity contribution in [2.24, 2.45) is 0 Å². The van der Waals surface area contributed by atoms with Crippen molar-refractivity contribution >= 4 is 0 Å². The van der Waals surface area contributed by atoms with E-state index in [2.05, 4.69) is 4.98 Å². The minimum Gasteiger partial charge on any atom is -0.445 e. The highest BCUT2D eigenvalue weighted by Gasteiger charge is 2.35. The van der Waals surface area contributed by atoms with Gasteiger partial charge in [0, 0.05) is 5.92 Å². The van der Waals surface area contributed by atoms with Crippen LogP contribution in [-0.2, 0) is 0 Å². The molecule has 0 radical (unpaired) electrons. The van der Waals surface area contributed by atoms with Gasteiger partial charge in [0.05, 0.1) is 11.4 Å². The summed E-state index contributed by atoms with van der Waals surface area (Å²) >= 11 is 0. The highest BCUT2D eigenvalue weighted by molar-refractivity contribution is 5.51. The molecule has 2 aliphatic heterocycles. The second-order valence-corrected chi connectivity index (χ2v) is 3.53. The number of aromatic nitrogens is 1. The number of fused-ring (bicyclic) bond motifs is 2. The Balaban J connectivity index is 2.28. The van der Waals surface area contributed by atoms with Crippen molar-refractivity contribution in [1.82, 2.24) is 4.98 Å². The summed E-state index contributed by atoms with van der Waals surface area (Å²) in [6, 6.07) is 0. The summed E-state index contributed by atoms with van der Waals surface area (Å²) in [6.45, 7) is 1.88. The number of nitrogens with one attached hydrogen (secondary N) is 1. The first-order valence-corrected chi connectivity index (χ1v) is 4.22.